The predicted octanol–water partition coefficient (Wildman–Crippen LogP) is 1.13. The van der Waals surface area contributed by atoms with E-state index in [1.54, 1.807) is 0 Å². The molecule has 1 unspecified atom stereocenters. The summed E-state index contributed by atoms with van der Waals surface area (Å²) in [5.41, 5.74) is 5.79. The molecule has 2 nitrogen and oxygen atoms in total. The maximum Gasteiger partial charge on any atom is 0.0459 e. The first-order valence-corrected chi connectivity index (χ1v) is 4.60. The van der Waals surface area contributed by atoms with Gasteiger partial charge in [-0.1, -0.05) is 0 Å². The topological polar surface area (TPSA) is 46.2 Å². The molecule has 2 heteroatoms. The fourth-order valence-electron chi connectivity index (χ4n) is 1.90. The van der Waals surface area contributed by atoms with Gasteiger partial charge in [-0.3, -0.25) is 0 Å². The van der Waals surface area contributed by atoms with Crippen LogP contribution in [0.2, 0.25) is 0 Å². The van der Waals surface area contributed by atoms with Crippen molar-refractivity contribution in [2.75, 3.05) is 6.61 Å². The van der Waals surface area contributed by atoms with Crippen molar-refractivity contribution in [2.45, 2.75) is 38.6 Å². The van der Waals surface area contributed by atoms with Crippen molar-refractivity contribution in [2.24, 2.45) is 17.6 Å². The molecule has 1 fully saturated rings. The zero-order chi connectivity index (χ0) is 8.27. The van der Waals surface area contributed by atoms with E-state index in [9.17, 15) is 0 Å². The normalized spacial score (nSPS) is 35.2. The lowest BCUT2D eigenvalue weighted by Gasteiger charge is -2.29. The van der Waals surface area contributed by atoms with E-state index in [1.165, 1.54) is 25.7 Å². The largest absolute Gasteiger partial charge is 0.396 e. The van der Waals surface area contributed by atoms with E-state index in [1.807, 2.05) is 0 Å². The van der Waals surface area contributed by atoms with Crippen LogP contribution in [0.1, 0.15) is 32.6 Å². The minimum absolute atomic E-state index is 0.342. The predicted molar refractivity (Wildman–Crippen MR) is 46.2 cm³/mol. The molecule has 0 heterocycles. The van der Waals surface area contributed by atoms with Gasteiger partial charge in [-0.2, -0.15) is 0 Å². The summed E-state index contributed by atoms with van der Waals surface area (Å²) in [5, 5.41) is 8.88. The molecular weight excluding hydrogens is 138 g/mol. The van der Waals surface area contributed by atoms with Crippen LogP contribution in [0.15, 0.2) is 0 Å². The van der Waals surface area contributed by atoms with Crippen LogP contribution in [-0.4, -0.2) is 17.8 Å². The van der Waals surface area contributed by atoms with Crippen molar-refractivity contribution < 1.29 is 5.11 Å². The van der Waals surface area contributed by atoms with E-state index >= 15 is 0 Å². The summed E-state index contributed by atoms with van der Waals surface area (Å²) in [5.74, 6) is 1.27. The van der Waals surface area contributed by atoms with Gasteiger partial charge < -0.3 is 10.8 Å². The molecule has 0 amide bonds. The molecule has 66 valence electrons. The van der Waals surface area contributed by atoms with Crippen molar-refractivity contribution in [1.29, 1.82) is 0 Å². The van der Waals surface area contributed by atoms with Gasteiger partial charge in [-0.25, -0.2) is 0 Å². The summed E-state index contributed by atoms with van der Waals surface area (Å²) < 4.78 is 0. The number of aliphatic hydroxyl groups excluding tert-OH is 1. The standard InChI is InChI=1S/C9H19NO/c1-7(10)9-4-2-8(6-11)3-5-9/h7-9,11H,2-6,10H2,1H3. The van der Waals surface area contributed by atoms with Gasteiger partial charge >= 0.3 is 0 Å². The molecule has 11 heavy (non-hydrogen) atoms. The SMILES string of the molecule is CC(N)C1CCC(CO)CC1. The number of rotatable bonds is 2. The van der Waals surface area contributed by atoms with Crippen LogP contribution < -0.4 is 5.73 Å². The molecule has 0 aliphatic heterocycles. The molecule has 0 aromatic heterocycles. The maximum absolute atomic E-state index is 8.88. The van der Waals surface area contributed by atoms with E-state index in [2.05, 4.69) is 6.92 Å². The van der Waals surface area contributed by atoms with E-state index in [4.69, 9.17) is 10.8 Å². The van der Waals surface area contributed by atoms with Gasteiger partial charge in [0.1, 0.15) is 0 Å². The van der Waals surface area contributed by atoms with Crippen LogP contribution in [0.3, 0.4) is 0 Å². The second kappa shape index (κ2) is 4.07. The molecule has 1 atom stereocenters. The van der Waals surface area contributed by atoms with Crippen molar-refractivity contribution in [3.63, 3.8) is 0 Å². The Bertz CT molecular complexity index is 106. The van der Waals surface area contributed by atoms with Gasteiger partial charge in [0.2, 0.25) is 0 Å². The Morgan fingerprint density at radius 3 is 2.27 bits per heavy atom. The summed E-state index contributed by atoms with van der Waals surface area (Å²) in [7, 11) is 0. The van der Waals surface area contributed by atoms with Crippen molar-refractivity contribution in [1.82, 2.24) is 0 Å². The number of aliphatic hydroxyl groups is 1. The molecular formula is C9H19NO. The highest BCUT2D eigenvalue weighted by atomic mass is 16.3. The van der Waals surface area contributed by atoms with Gasteiger partial charge in [-0.05, 0) is 44.4 Å². The van der Waals surface area contributed by atoms with Crippen LogP contribution in [0.4, 0.5) is 0 Å². The highest BCUT2D eigenvalue weighted by molar-refractivity contribution is 4.76. The summed E-state index contributed by atoms with van der Waals surface area (Å²) in [6, 6.07) is 0.342. The third-order valence-corrected chi connectivity index (χ3v) is 2.89. The Hall–Kier alpha value is -0.0800. The Morgan fingerprint density at radius 2 is 1.91 bits per heavy atom. The van der Waals surface area contributed by atoms with E-state index in [-0.39, 0.29) is 0 Å². The van der Waals surface area contributed by atoms with Crippen molar-refractivity contribution in [3.8, 4) is 0 Å². The maximum atomic E-state index is 8.88. The average molecular weight is 157 g/mol. The summed E-state index contributed by atoms with van der Waals surface area (Å²) in [4.78, 5) is 0. The fraction of sp³-hybridized carbons (Fsp3) is 1.00. The molecule has 1 aliphatic carbocycles. The Labute approximate surface area is 68.8 Å². The Morgan fingerprint density at radius 1 is 1.36 bits per heavy atom. The molecule has 0 spiro atoms. The summed E-state index contributed by atoms with van der Waals surface area (Å²) >= 11 is 0. The minimum atomic E-state index is 0.342. The van der Waals surface area contributed by atoms with Crippen molar-refractivity contribution in [3.05, 3.63) is 0 Å². The van der Waals surface area contributed by atoms with Crippen LogP contribution in [-0.2, 0) is 0 Å². The molecule has 1 aliphatic rings. The quantitative estimate of drug-likeness (QED) is 0.631. The molecule has 0 radical (unpaired) electrons. The third kappa shape index (κ3) is 2.46. The zero-order valence-corrected chi connectivity index (χ0v) is 7.29. The number of nitrogens with two attached hydrogens (primary N) is 1. The molecule has 0 aromatic rings. The van der Waals surface area contributed by atoms with Gasteiger partial charge in [0.25, 0.3) is 0 Å². The lowest BCUT2D eigenvalue weighted by Crippen LogP contribution is -2.30. The van der Waals surface area contributed by atoms with E-state index in [0.29, 0.717) is 24.5 Å². The first-order valence-electron chi connectivity index (χ1n) is 4.60. The molecule has 1 saturated carbocycles. The fourth-order valence-corrected chi connectivity index (χ4v) is 1.90. The second-order valence-electron chi connectivity index (χ2n) is 3.82. The van der Waals surface area contributed by atoms with Crippen LogP contribution in [0.5, 0.6) is 0 Å². The highest BCUT2D eigenvalue weighted by Gasteiger charge is 2.22. The first kappa shape index (κ1) is 9.01. The van der Waals surface area contributed by atoms with Crippen LogP contribution in [0.25, 0.3) is 0 Å². The van der Waals surface area contributed by atoms with Crippen molar-refractivity contribution >= 4 is 0 Å². The van der Waals surface area contributed by atoms with Gasteiger partial charge in [-0.15, -0.1) is 0 Å². The highest BCUT2D eigenvalue weighted by Crippen LogP contribution is 2.29. The molecule has 0 bridgehead atoms. The van der Waals surface area contributed by atoms with Gasteiger partial charge in [0.05, 0.1) is 0 Å². The molecule has 0 aromatic carbocycles. The van der Waals surface area contributed by atoms with E-state index in [0.717, 1.165) is 0 Å². The molecule has 0 saturated heterocycles. The number of hydrogen-bond donors (Lipinski definition) is 2. The first-order chi connectivity index (χ1) is 5.24. The summed E-state index contributed by atoms with van der Waals surface area (Å²) in [6.07, 6.45) is 4.76. The Kier molecular flexibility index (Phi) is 3.34. The lowest BCUT2D eigenvalue weighted by molar-refractivity contribution is 0.160. The zero-order valence-electron chi connectivity index (χ0n) is 7.29. The molecule has 3 N–H and O–H groups in total. The smallest absolute Gasteiger partial charge is 0.0459 e. The minimum Gasteiger partial charge on any atom is -0.396 e. The van der Waals surface area contributed by atoms with Gasteiger partial charge in [0, 0.05) is 12.6 Å². The second-order valence-corrected chi connectivity index (χ2v) is 3.82. The van der Waals surface area contributed by atoms with Crippen LogP contribution in [0, 0.1) is 11.8 Å². The van der Waals surface area contributed by atoms with E-state index < -0.39 is 0 Å². The van der Waals surface area contributed by atoms with Gasteiger partial charge in [0.15, 0.2) is 0 Å². The lowest BCUT2D eigenvalue weighted by atomic mass is 9.79. The third-order valence-electron chi connectivity index (χ3n) is 2.89. The molecule has 1 rings (SSSR count). The number of hydrogen-bond acceptors (Lipinski definition) is 2. The summed E-state index contributed by atoms with van der Waals surface area (Å²) in [6.45, 7) is 2.45. The monoisotopic (exact) mass is 157 g/mol. The Balaban J connectivity index is 2.24. The van der Waals surface area contributed by atoms with Crippen LogP contribution >= 0.6 is 0 Å². The average Bonchev–Trinajstić information content (AvgIpc) is 2.05.